The summed E-state index contributed by atoms with van der Waals surface area (Å²) in [7, 11) is 1.67. The number of nitrogens with one attached hydrogen (secondary N) is 1. The molecule has 0 spiro atoms. The highest BCUT2D eigenvalue weighted by Gasteiger charge is 2.11. The van der Waals surface area contributed by atoms with Crippen molar-refractivity contribution in [2.24, 2.45) is 0 Å². The molecule has 0 saturated heterocycles. The van der Waals surface area contributed by atoms with Gasteiger partial charge >= 0.3 is 0 Å². The molecule has 0 amide bonds. The Morgan fingerprint density at radius 2 is 1.71 bits per heavy atom. The highest BCUT2D eigenvalue weighted by atomic mass is 16.7. The Bertz CT molecular complexity index is 340. The van der Waals surface area contributed by atoms with Gasteiger partial charge in [-0.25, -0.2) is 0 Å². The third kappa shape index (κ3) is 4.11. The van der Waals surface area contributed by atoms with Crippen LogP contribution < -0.4 is 5.48 Å². The number of hydrogen-bond acceptors (Lipinski definition) is 3. The average molecular weight is 237 g/mol. The predicted molar refractivity (Wildman–Crippen MR) is 70.0 cm³/mol. The number of hydroxylamine groups is 1. The lowest BCUT2D eigenvalue weighted by Gasteiger charge is -2.19. The molecule has 17 heavy (non-hydrogen) atoms. The number of hydrogen-bond donors (Lipinski definition) is 1. The summed E-state index contributed by atoms with van der Waals surface area (Å²) in [6, 6.07) is 4.60. The molecule has 0 aliphatic heterocycles. The van der Waals surface area contributed by atoms with Crippen LogP contribution in [-0.4, -0.2) is 20.3 Å². The third-order valence-corrected chi connectivity index (χ3v) is 2.82. The van der Waals surface area contributed by atoms with Gasteiger partial charge in [0.05, 0.1) is 19.3 Å². The van der Waals surface area contributed by atoms with E-state index >= 15 is 0 Å². The summed E-state index contributed by atoms with van der Waals surface area (Å²) in [5.74, 6) is 0. The highest BCUT2D eigenvalue weighted by molar-refractivity contribution is 5.39. The van der Waals surface area contributed by atoms with Gasteiger partial charge in [0.15, 0.2) is 0 Å². The summed E-state index contributed by atoms with van der Waals surface area (Å²) in [4.78, 5) is 5.36. The van der Waals surface area contributed by atoms with E-state index in [9.17, 15) is 0 Å². The van der Waals surface area contributed by atoms with Gasteiger partial charge in [-0.05, 0) is 44.4 Å². The second-order valence-corrected chi connectivity index (χ2v) is 4.49. The molecule has 1 rings (SSSR count). The van der Waals surface area contributed by atoms with Crippen molar-refractivity contribution >= 4 is 0 Å². The first kappa shape index (κ1) is 14.2. The second kappa shape index (κ2) is 6.74. The highest BCUT2D eigenvalue weighted by Crippen LogP contribution is 2.23. The van der Waals surface area contributed by atoms with E-state index in [1.165, 1.54) is 22.3 Å². The van der Waals surface area contributed by atoms with Crippen molar-refractivity contribution in [2.75, 3.05) is 20.3 Å². The van der Waals surface area contributed by atoms with Crippen LogP contribution in [0.4, 0.5) is 0 Å². The zero-order valence-electron chi connectivity index (χ0n) is 11.5. The second-order valence-electron chi connectivity index (χ2n) is 4.49. The molecule has 1 aromatic rings. The number of methoxy groups -OCH3 is 1. The molecular weight excluding hydrogens is 214 g/mol. The molecule has 1 unspecified atom stereocenters. The van der Waals surface area contributed by atoms with Crippen LogP contribution in [0.25, 0.3) is 0 Å². The molecule has 0 aromatic heterocycles. The third-order valence-electron chi connectivity index (χ3n) is 2.82. The molecule has 96 valence electrons. The van der Waals surface area contributed by atoms with Crippen molar-refractivity contribution in [3.63, 3.8) is 0 Å². The standard InChI is InChI=1S/C14H23NO2/c1-10-8-11(2)14(12(3)9-10)13(4)15-17-7-6-16-5/h8-9,13,15H,6-7H2,1-5H3. The van der Waals surface area contributed by atoms with Gasteiger partial charge in [-0.1, -0.05) is 17.7 Å². The van der Waals surface area contributed by atoms with E-state index in [1.54, 1.807) is 7.11 Å². The van der Waals surface area contributed by atoms with Crippen molar-refractivity contribution in [1.82, 2.24) is 5.48 Å². The Morgan fingerprint density at radius 3 is 2.24 bits per heavy atom. The largest absolute Gasteiger partial charge is 0.382 e. The molecule has 3 heteroatoms. The molecule has 0 aliphatic carbocycles. The number of ether oxygens (including phenoxy) is 1. The van der Waals surface area contributed by atoms with E-state index in [2.05, 4.69) is 45.3 Å². The summed E-state index contributed by atoms with van der Waals surface area (Å²) in [6.07, 6.45) is 0. The summed E-state index contributed by atoms with van der Waals surface area (Å²) < 4.78 is 4.93. The molecule has 0 heterocycles. The zero-order valence-corrected chi connectivity index (χ0v) is 11.5. The maximum Gasteiger partial charge on any atom is 0.0916 e. The van der Waals surface area contributed by atoms with E-state index in [1.807, 2.05) is 0 Å². The number of aryl methyl sites for hydroxylation is 3. The van der Waals surface area contributed by atoms with E-state index in [4.69, 9.17) is 9.57 Å². The minimum atomic E-state index is 0.187. The number of rotatable bonds is 6. The molecule has 0 saturated carbocycles. The van der Waals surface area contributed by atoms with Gasteiger partial charge in [0.2, 0.25) is 0 Å². The summed E-state index contributed by atoms with van der Waals surface area (Å²) in [5.41, 5.74) is 8.28. The van der Waals surface area contributed by atoms with Gasteiger partial charge in [0.25, 0.3) is 0 Å². The topological polar surface area (TPSA) is 30.5 Å². The maximum atomic E-state index is 5.36. The first-order valence-corrected chi connectivity index (χ1v) is 6.00. The molecule has 1 atom stereocenters. The average Bonchev–Trinajstić information content (AvgIpc) is 2.23. The Morgan fingerprint density at radius 1 is 1.12 bits per heavy atom. The normalized spacial score (nSPS) is 12.8. The summed E-state index contributed by atoms with van der Waals surface area (Å²) in [5, 5.41) is 0. The Kier molecular flexibility index (Phi) is 5.62. The van der Waals surface area contributed by atoms with Crippen LogP contribution in [0.2, 0.25) is 0 Å². The molecule has 0 aliphatic rings. The lowest BCUT2D eigenvalue weighted by molar-refractivity contribution is -0.00943. The lowest BCUT2D eigenvalue weighted by Crippen LogP contribution is -2.22. The van der Waals surface area contributed by atoms with E-state index < -0.39 is 0 Å². The Hall–Kier alpha value is -0.900. The minimum absolute atomic E-state index is 0.187. The Balaban J connectivity index is 2.65. The molecule has 0 radical (unpaired) electrons. The fourth-order valence-electron chi connectivity index (χ4n) is 2.24. The predicted octanol–water partition coefficient (Wildman–Crippen LogP) is 2.84. The summed E-state index contributed by atoms with van der Waals surface area (Å²) in [6.45, 7) is 9.68. The first-order valence-electron chi connectivity index (χ1n) is 6.00. The molecule has 0 fully saturated rings. The smallest absolute Gasteiger partial charge is 0.0916 e. The minimum Gasteiger partial charge on any atom is -0.382 e. The van der Waals surface area contributed by atoms with E-state index in [0.29, 0.717) is 13.2 Å². The monoisotopic (exact) mass is 237 g/mol. The fraction of sp³-hybridized carbons (Fsp3) is 0.571. The Labute approximate surface area is 104 Å². The van der Waals surface area contributed by atoms with E-state index in [0.717, 1.165) is 0 Å². The van der Waals surface area contributed by atoms with E-state index in [-0.39, 0.29) is 6.04 Å². The number of benzene rings is 1. The maximum absolute atomic E-state index is 5.36. The van der Waals surface area contributed by atoms with Crippen LogP contribution >= 0.6 is 0 Å². The molecule has 1 N–H and O–H groups in total. The first-order chi connectivity index (χ1) is 8.06. The van der Waals surface area contributed by atoms with Crippen molar-refractivity contribution < 1.29 is 9.57 Å². The van der Waals surface area contributed by atoms with Gasteiger partial charge in [0.1, 0.15) is 0 Å². The van der Waals surface area contributed by atoms with Gasteiger partial charge in [-0.2, -0.15) is 5.48 Å². The molecular formula is C14H23NO2. The molecule has 0 bridgehead atoms. The van der Waals surface area contributed by atoms with Gasteiger partial charge in [-0.3, -0.25) is 4.84 Å². The quantitative estimate of drug-likeness (QED) is 0.609. The van der Waals surface area contributed by atoms with Crippen molar-refractivity contribution in [2.45, 2.75) is 33.7 Å². The lowest BCUT2D eigenvalue weighted by atomic mass is 9.95. The van der Waals surface area contributed by atoms with Gasteiger partial charge < -0.3 is 4.74 Å². The van der Waals surface area contributed by atoms with Crippen LogP contribution in [0, 0.1) is 20.8 Å². The SMILES string of the molecule is COCCONC(C)c1c(C)cc(C)cc1C. The van der Waals surface area contributed by atoms with Gasteiger partial charge in [0, 0.05) is 7.11 Å². The van der Waals surface area contributed by atoms with Crippen LogP contribution in [-0.2, 0) is 9.57 Å². The van der Waals surface area contributed by atoms with Crippen LogP contribution in [0.3, 0.4) is 0 Å². The summed E-state index contributed by atoms with van der Waals surface area (Å²) >= 11 is 0. The van der Waals surface area contributed by atoms with Crippen molar-refractivity contribution in [3.8, 4) is 0 Å². The molecule has 1 aromatic carbocycles. The van der Waals surface area contributed by atoms with Crippen molar-refractivity contribution in [1.29, 1.82) is 0 Å². The fourth-order valence-corrected chi connectivity index (χ4v) is 2.24. The van der Waals surface area contributed by atoms with Crippen LogP contribution in [0.15, 0.2) is 12.1 Å². The van der Waals surface area contributed by atoms with Crippen molar-refractivity contribution in [3.05, 3.63) is 34.4 Å². The zero-order chi connectivity index (χ0) is 12.8. The van der Waals surface area contributed by atoms with Gasteiger partial charge in [-0.15, -0.1) is 0 Å². The molecule has 3 nitrogen and oxygen atoms in total. The van der Waals surface area contributed by atoms with Crippen LogP contribution in [0.1, 0.15) is 35.2 Å². The van der Waals surface area contributed by atoms with Crippen LogP contribution in [0.5, 0.6) is 0 Å².